The maximum absolute atomic E-state index is 6.43. The van der Waals surface area contributed by atoms with Crippen LogP contribution in [0.25, 0.3) is 0 Å². The van der Waals surface area contributed by atoms with Crippen molar-refractivity contribution in [2.75, 3.05) is 5.01 Å². The van der Waals surface area contributed by atoms with Crippen molar-refractivity contribution in [2.24, 2.45) is 5.10 Å². The molecule has 0 spiro atoms. The number of nitrogens with zero attached hydrogens (tertiary/aromatic N) is 2. The topological polar surface area (TPSA) is 15.6 Å². The van der Waals surface area contributed by atoms with Crippen LogP contribution < -0.4 is 5.01 Å². The molecule has 2 aromatic carbocycles. The number of hydrogen-bond acceptors (Lipinski definition) is 3. The Balaban J connectivity index is 1.77. The van der Waals surface area contributed by atoms with Crippen molar-refractivity contribution in [3.63, 3.8) is 0 Å². The first-order valence-corrected chi connectivity index (χ1v) is 9.68. The first-order chi connectivity index (χ1) is 11.7. The van der Waals surface area contributed by atoms with Crippen LogP contribution >= 0.6 is 38.9 Å². The quantitative estimate of drug-likeness (QED) is 0.473. The number of hydrazone groups is 1. The lowest BCUT2D eigenvalue weighted by Crippen LogP contribution is -2.17. The van der Waals surface area contributed by atoms with E-state index in [9.17, 15) is 0 Å². The summed E-state index contributed by atoms with van der Waals surface area (Å²) in [5.41, 5.74) is 3.18. The zero-order chi connectivity index (χ0) is 16.5. The number of thiophene rings is 1. The molecule has 120 valence electrons. The predicted octanol–water partition coefficient (Wildman–Crippen LogP) is 6.52. The van der Waals surface area contributed by atoms with Crippen LogP contribution in [0.5, 0.6) is 0 Å². The Kier molecular flexibility index (Phi) is 4.44. The molecular formula is C19H14BrClN2S. The normalized spacial score (nSPS) is 17.2. The van der Waals surface area contributed by atoms with Crippen LogP contribution in [0.15, 0.2) is 75.6 Å². The number of hydrogen-bond donors (Lipinski definition) is 0. The van der Waals surface area contributed by atoms with E-state index in [2.05, 4.69) is 62.7 Å². The lowest BCUT2D eigenvalue weighted by molar-refractivity contribution is 0.722. The summed E-state index contributed by atoms with van der Waals surface area (Å²) in [5.74, 6) is 0. The van der Waals surface area contributed by atoms with Crippen molar-refractivity contribution in [3.05, 3.63) is 86.0 Å². The summed E-state index contributed by atoms with van der Waals surface area (Å²) in [4.78, 5) is 1.30. The van der Waals surface area contributed by atoms with E-state index in [1.807, 2.05) is 24.3 Å². The summed E-state index contributed by atoms with van der Waals surface area (Å²) in [5, 5.41) is 9.81. The Labute approximate surface area is 158 Å². The van der Waals surface area contributed by atoms with Crippen LogP contribution in [0.4, 0.5) is 5.69 Å². The molecule has 0 unspecified atom stereocenters. The second-order valence-corrected chi connectivity index (χ2v) is 7.89. The highest BCUT2D eigenvalue weighted by Crippen LogP contribution is 2.40. The Bertz CT molecular complexity index is 875. The van der Waals surface area contributed by atoms with Crippen LogP contribution in [0.1, 0.15) is 22.9 Å². The molecule has 0 saturated carbocycles. The second kappa shape index (κ2) is 6.71. The van der Waals surface area contributed by atoms with Crippen LogP contribution in [0.2, 0.25) is 5.02 Å². The molecule has 0 N–H and O–H groups in total. The minimum atomic E-state index is 0.184. The van der Waals surface area contributed by atoms with Crippen molar-refractivity contribution in [1.82, 2.24) is 0 Å². The third-order valence-electron chi connectivity index (χ3n) is 4.06. The van der Waals surface area contributed by atoms with E-state index in [4.69, 9.17) is 16.7 Å². The minimum Gasteiger partial charge on any atom is -0.255 e. The summed E-state index contributed by atoms with van der Waals surface area (Å²) in [6.45, 7) is 0. The van der Waals surface area contributed by atoms with Gasteiger partial charge < -0.3 is 0 Å². The van der Waals surface area contributed by atoms with Gasteiger partial charge in [0.05, 0.1) is 22.5 Å². The number of benzene rings is 2. The van der Waals surface area contributed by atoms with Gasteiger partial charge in [0.15, 0.2) is 0 Å². The average molecular weight is 418 g/mol. The Morgan fingerprint density at radius 2 is 1.83 bits per heavy atom. The average Bonchev–Trinajstić information content (AvgIpc) is 3.25. The second-order valence-electron chi connectivity index (χ2n) is 5.58. The van der Waals surface area contributed by atoms with Gasteiger partial charge in [0.25, 0.3) is 0 Å². The van der Waals surface area contributed by atoms with E-state index in [0.717, 1.165) is 32.9 Å². The van der Waals surface area contributed by atoms with Gasteiger partial charge in [-0.05, 0) is 41.3 Å². The van der Waals surface area contributed by atoms with Crippen molar-refractivity contribution in [3.8, 4) is 0 Å². The highest BCUT2D eigenvalue weighted by atomic mass is 79.9. The Morgan fingerprint density at radius 1 is 1.04 bits per heavy atom. The third kappa shape index (κ3) is 3.02. The van der Waals surface area contributed by atoms with E-state index < -0.39 is 0 Å². The van der Waals surface area contributed by atoms with E-state index in [1.54, 1.807) is 11.3 Å². The third-order valence-corrected chi connectivity index (χ3v) is 5.88. The molecule has 0 bridgehead atoms. The fourth-order valence-electron chi connectivity index (χ4n) is 2.89. The SMILES string of the molecule is Clc1ccccc1N1N=C(c2ccc(Br)cc2)C[C@H]1c1cccs1. The minimum absolute atomic E-state index is 0.184. The molecule has 0 radical (unpaired) electrons. The molecule has 1 atom stereocenters. The van der Waals surface area contributed by atoms with Gasteiger partial charge in [-0.2, -0.15) is 5.10 Å². The molecule has 0 saturated heterocycles. The summed E-state index contributed by atoms with van der Waals surface area (Å²) in [7, 11) is 0. The van der Waals surface area contributed by atoms with Gasteiger partial charge in [-0.25, -0.2) is 0 Å². The fourth-order valence-corrected chi connectivity index (χ4v) is 4.19. The maximum atomic E-state index is 6.43. The zero-order valence-electron chi connectivity index (χ0n) is 12.7. The van der Waals surface area contributed by atoms with Gasteiger partial charge >= 0.3 is 0 Å². The molecule has 0 fully saturated rings. The summed E-state index contributed by atoms with van der Waals surface area (Å²) in [6, 6.07) is 20.6. The van der Waals surface area contributed by atoms with Crippen LogP contribution in [-0.4, -0.2) is 5.71 Å². The highest BCUT2D eigenvalue weighted by molar-refractivity contribution is 9.10. The van der Waals surface area contributed by atoms with Gasteiger partial charge in [0.1, 0.15) is 0 Å². The molecule has 24 heavy (non-hydrogen) atoms. The number of rotatable bonds is 3. The number of para-hydroxylation sites is 1. The molecule has 2 nitrogen and oxygen atoms in total. The lowest BCUT2D eigenvalue weighted by atomic mass is 10.0. The summed E-state index contributed by atoms with van der Waals surface area (Å²) >= 11 is 11.7. The van der Waals surface area contributed by atoms with Gasteiger partial charge in [-0.1, -0.05) is 57.9 Å². The first kappa shape index (κ1) is 15.9. The molecule has 2 heterocycles. The van der Waals surface area contributed by atoms with Crippen LogP contribution in [-0.2, 0) is 0 Å². The van der Waals surface area contributed by atoms with Crippen molar-refractivity contribution >= 4 is 50.3 Å². The summed E-state index contributed by atoms with van der Waals surface area (Å²) < 4.78 is 1.07. The maximum Gasteiger partial charge on any atom is 0.0924 e. The number of anilines is 1. The van der Waals surface area contributed by atoms with E-state index in [0.29, 0.717) is 0 Å². The first-order valence-electron chi connectivity index (χ1n) is 7.63. The van der Waals surface area contributed by atoms with E-state index >= 15 is 0 Å². The molecule has 1 aliphatic heterocycles. The molecule has 0 aliphatic carbocycles. The predicted molar refractivity (Wildman–Crippen MR) is 106 cm³/mol. The zero-order valence-corrected chi connectivity index (χ0v) is 15.9. The molecule has 0 amide bonds. The molecule has 4 rings (SSSR count). The standard InChI is InChI=1S/C19H14BrClN2S/c20-14-9-7-13(8-10-14)16-12-18(19-6-3-11-24-19)23(22-16)17-5-2-1-4-15(17)21/h1-11,18H,12H2/t18-/m0/s1. The van der Waals surface area contributed by atoms with Crippen molar-refractivity contribution in [1.29, 1.82) is 0 Å². The van der Waals surface area contributed by atoms with Gasteiger partial charge in [-0.15, -0.1) is 11.3 Å². The summed E-state index contributed by atoms with van der Waals surface area (Å²) in [6.07, 6.45) is 0.868. The Morgan fingerprint density at radius 3 is 2.54 bits per heavy atom. The smallest absolute Gasteiger partial charge is 0.0924 e. The lowest BCUT2D eigenvalue weighted by Gasteiger charge is -2.23. The largest absolute Gasteiger partial charge is 0.255 e. The van der Waals surface area contributed by atoms with Crippen molar-refractivity contribution in [2.45, 2.75) is 12.5 Å². The fraction of sp³-hybridized carbons (Fsp3) is 0.105. The van der Waals surface area contributed by atoms with Gasteiger partial charge in [-0.3, -0.25) is 5.01 Å². The molecular weight excluding hydrogens is 404 g/mol. The van der Waals surface area contributed by atoms with Crippen LogP contribution in [0.3, 0.4) is 0 Å². The van der Waals surface area contributed by atoms with E-state index in [-0.39, 0.29) is 6.04 Å². The van der Waals surface area contributed by atoms with Crippen LogP contribution in [0, 0.1) is 0 Å². The molecule has 1 aromatic heterocycles. The monoisotopic (exact) mass is 416 g/mol. The van der Waals surface area contributed by atoms with Crippen molar-refractivity contribution < 1.29 is 0 Å². The Hall–Kier alpha value is -1.62. The highest BCUT2D eigenvalue weighted by Gasteiger charge is 2.31. The molecule has 1 aliphatic rings. The molecule has 3 aromatic rings. The number of halogens is 2. The molecule has 5 heteroatoms. The van der Waals surface area contributed by atoms with E-state index in [1.165, 1.54) is 4.88 Å². The van der Waals surface area contributed by atoms with Gasteiger partial charge in [0, 0.05) is 15.8 Å². The van der Waals surface area contributed by atoms with Gasteiger partial charge in [0.2, 0.25) is 0 Å².